The van der Waals surface area contributed by atoms with E-state index >= 15 is 0 Å². The third-order valence-corrected chi connectivity index (χ3v) is 6.36. The maximum Gasteiger partial charge on any atom is 0.255 e. The number of hydrogen-bond donors (Lipinski definition) is 1. The lowest BCUT2D eigenvalue weighted by Gasteiger charge is -2.32. The molecule has 1 aromatic carbocycles. The number of piperazine rings is 1. The number of fused-ring (bicyclic) bond motifs is 1. The number of halogens is 1. The first-order valence-corrected chi connectivity index (χ1v) is 10.4. The van der Waals surface area contributed by atoms with Crippen molar-refractivity contribution < 1.29 is 0 Å². The van der Waals surface area contributed by atoms with Crippen LogP contribution < -0.4 is 10.5 Å². The molecule has 1 fully saturated rings. The summed E-state index contributed by atoms with van der Waals surface area (Å²) in [6.07, 6.45) is 1.58. The predicted octanol–water partition coefficient (Wildman–Crippen LogP) is 1.89. The summed E-state index contributed by atoms with van der Waals surface area (Å²) < 4.78 is 1.14. The zero-order valence-electron chi connectivity index (χ0n) is 15.7. The highest BCUT2D eigenvalue weighted by molar-refractivity contribution is 9.10. The lowest BCUT2D eigenvalue weighted by molar-refractivity contribution is 0.278. The van der Waals surface area contributed by atoms with Crippen LogP contribution in [-0.2, 0) is 19.4 Å². The number of H-pyrrole nitrogens is 1. The molecule has 1 aromatic heterocycles. The van der Waals surface area contributed by atoms with Gasteiger partial charge in [-0.2, -0.15) is 0 Å². The number of anilines is 1. The summed E-state index contributed by atoms with van der Waals surface area (Å²) in [5.74, 6) is 0.742. The van der Waals surface area contributed by atoms with Crippen LogP contribution in [0.5, 0.6) is 0 Å². The van der Waals surface area contributed by atoms with Gasteiger partial charge in [-0.15, -0.1) is 0 Å². The second-order valence-electron chi connectivity index (χ2n) is 7.47. The molecule has 0 aliphatic carbocycles. The van der Waals surface area contributed by atoms with Gasteiger partial charge in [0, 0.05) is 62.3 Å². The Balaban J connectivity index is 1.50. The Morgan fingerprint density at radius 1 is 1.07 bits per heavy atom. The number of likely N-dealkylation sites (N-methyl/N-ethyl adjacent to an activating group) is 1. The highest BCUT2D eigenvalue weighted by atomic mass is 79.9. The van der Waals surface area contributed by atoms with Gasteiger partial charge in [0.15, 0.2) is 0 Å². The van der Waals surface area contributed by atoms with Gasteiger partial charge in [0.2, 0.25) is 5.95 Å². The average molecular weight is 432 g/mol. The standard InChI is InChI=1S/C20H26BrN5O/c1-24-10-12-26(13-11-24)20-22-18-7-9-25(8-6-16(18)19(27)23-20)14-15-4-2-3-5-17(15)21/h2-5H,6-14H2,1H3,(H,22,23,27). The van der Waals surface area contributed by atoms with Gasteiger partial charge in [-0.25, -0.2) is 4.98 Å². The summed E-state index contributed by atoms with van der Waals surface area (Å²) >= 11 is 3.64. The van der Waals surface area contributed by atoms with Crippen LogP contribution in [0.1, 0.15) is 16.8 Å². The quantitative estimate of drug-likeness (QED) is 0.803. The predicted molar refractivity (Wildman–Crippen MR) is 111 cm³/mol. The van der Waals surface area contributed by atoms with Crippen molar-refractivity contribution in [2.45, 2.75) is 19.4 Å². The molecule has 4 rings (SSSR count). The number of hydrogen-bond acceptors (Lipinski definition) is 5. The number of nitrogens with one attached hydrogen (secondary N) is 1. The minimum absolute atomic E-state index is 0.0386. The van der Waals surface area contributed by atoms with E-state index in [4.69, 9.17) is 4.98 Å². The van der Waals surface area contributed by atoms with Gasteiger partial charge in [-0.3, -0.25) is 14.7 Å². The first kappa shape index (κ1) is 18.7. The normalized spacial score (nSPS) is 19.0. The molecule has 0 atom stereocenters. The van der Waals surface area contributed by atoms with E-state index in [0.717, 1.165) is 80.3 Å². The zero-order valence-corrected chi connectivity index (χ0v) is 17.3. The van der Waals surface area contributed by atoms with Crippen LogP contribution in [0.2, 0.25) is 0 Å². The topological polar surface area (TPSA) is 55.5 Å². The fraction of sp³-hybridized carbons (Fsp3) is 0.500. The van der Waals surface area contributed by atoms with Crippen molar-refractivity contribution in [2.24, 2.45) is 0 Å². The number of nitrogens with zero attached hydrogens (tertiary/aromatic N) is 4. The van der Waals surface area contributed by atoms with Crippen molar-refractivity contribution >= 4 is 21.9 Å². The Labute approximate surface area is 168 Å². The fourth-order valence-electron chi connectivity index (χ4n) is 3.84. The van der Waals surface area contributed by atoms with Gasteiger partial charge < -0.3 is 9.80 Å². The number of rotatable bonds is 3. The molecule has 0 unspecified atom stereocenters. The van der Waals surface area contributed by atoms with Gasteiger partial charge >= 0.3 is 0 Å². The first-order valence-electron chi connectivity index (χ1n) is 9.61. The highest BCUT2D eigenvalue weighted by Crippen LogP contribution is 2.20. The summed E-state index contributed by atoms with van der Waals surface area (Å²) in [4.78, 5) is 27.5. The zero-order chi connectivity index (χ0) is 18.8. The third kappa shape index (κ3) is 4.25. The molecule has 6 nitrogen and oxygen atoms in total. The van der Waals surface area contributed by atoms with E-state index in [1.807, 2.05) is 6.07 Å². The molecule has 0 spiro atoms. The van der Waals surface area contributed by atoms with Crippen LogP contribution in [-0.4, -0.2) is 66.1 Å². The first-order chi connectivity index (χ1) is 13.1. The van der Waals surface area contributed by atoms with Crippen LogP contribution >= 0.6 is 15.9 Å². The smallest absolute Gasteiger partial charge is 0.255 e. The van der Waals surface area contributed by atoms with Crippen molar-refractivity contribution in [2.75, 3.05) is 51.2 Å². The van der Waals surface area contributed by atoms with E-state index in [1.54, 1.807) is 0 Å². The van der Waals surface area contributed by atoms with E-state index < -0.39 is 0 Å². The summed E-state index contributed by atoms with van der Waals surface area (Å²) in [5.41, 5.74) is 3.16. The molecule has 2 aliphatic rings. The summed E-state index contributed by atoms with van der Waals surface area (Å²) in [6, 6.07) is 8.34. The molecular formula is C20H26BrN5O. The molecule has 2 aliphatic heterocycles. The monoisotopic (exact) mass is 431 g/mol. The van der Waals surface area contributed by atoms with Crippen LogP contribution in [0.3, 0.4) is 0 Å². The van der Waals surface area contributed by atoms with E-state index in [1.165, 1.54) is 5.56 Å². The molecule has 144 valence electrons. The lowest BCUT2D eigenvalue weighted by Crippen LogP contribution is -2.45. The van der Waals surface area contributed by atoms with E-state index in [-0.39, 0.29) is 5.56 Å². The molecule has 0 radical (unpaired) electrons. The molecule has 1 N–H and O–H groups in total. The van der Waals surface area contributed by atoms with E-state index in [2.05, 4.69) is 60.9 Å². The Kier molecular flexibility index (Phi) is 5.61. The van der Waals surface area contributed by atoms with Crippen LogP contribution in [0.15, 0.2) is 33.5 Å². The Bertz CT molecular complexity index is 860. The van der Waals surface area contributed by atoms with Gasteiger partial charge in [0.05, 0.1) is 5.69 Å². The van der Waals surface area contributed by atoms with Crippen molar-refractivity contribution in [1.82, 2.24) is 19.8 Å². The van der Waals surface area contributed by atoms with Crippen molar-refractivity contribution in [3.05, 3.63) is 55.9 Å². The van der Waals surface area contributed by atoms with Crippen molar-refractivity contribution in [3.63, 3.8) is 0 Å². The second kappa shape index (κ2) is 8.12. The minimum Gasteiger partial charge on any atom is -0.340 e. The largest absolute Gasteiger partial charge is 0.340 e. The van der Waals surface area contributed by atoms with Crippen LogP contribution in [0, 0.1) is 0 Å². The van der Waals surface area contributed by atoms with E-state index in [9.17, 15) is 4.79 Å². The second-order valence-corrected chi connectivity index (χ2v) is 8.33. The van der Waals surface area contributed by atoms with Crippen molar-refractivity contribution in [1.29, 1.82) is 0 Å². The average Bonchev–Trinajstić information content (AvgIpc) is 2.87. The molecule has 27 heavy (non-hydrogen) atoms. The van der Waals surface area contributed by atoms with Gasteiger partial charge in [0.25, 0.3) is 5.56 Å². The molecule has 0 bridgehead atoms. The number of aromatic amines is 1. The Morgan fingerprint density at radius 3 is 2.59 bits per heavy atom. The lowest BCUT2D eigenvalue weighted by atomic mass is 10.1. The van der Waals surface area contributed by atoms with Gasteiger partial charge in [-0.05, 0) is 25.1 Å². The summed E-state index contributed by atoms with van der Waals surface area (Å²) in [7, 11) is 2.13. The summed E-state index contributed by atoms with van der Waals surface area (Å²) in [5, 5.41) is 0. The SMILES string of the molecule is CN1CCN(c2nc3c(c(=O)[nH]2)CCN(Cc2ccccc2Br)CC3)CC1. The van der Waals surface area contributed by atoms with Crippen LogP contribution in [0.25, 0.3) is 0 Å². The molecule has 7 heteroatoms. The minimum atomic E-state index is 0.0386. The number of aromatic nitrogens is 2. The third-order valence-electron chi connectivity index (χ3n) is 5.59. The molecule has 0 saturated carbocycles. The molecule has 1 saturated heterocycles. The van der Waals surface area contributed by atoms with Gasteiger partial charge in [0.1, 0.15) is 0 Å². The van der Waals surface area contributed by atoms with E-state index in [0.29, 0.717) is 0 Å². The Hall–Kier alpha value is -1.70. The summed E-state index contributed by atoms with van der Waals surface area (Å²) in [6.45, 7) is 6.51. The van der Waals surface area contributed by atoms with Crippen LogP contribution in [0.4, 0.5) is 5.95 Å². The number of benzene rings is 1. The molecule has 0 amide bonds. The molecule has 2 aromatic rings. The maximum atomic E-state index is 12.7. The van der Waals surface area contributed by atoms with Crippen molar-refractivity contribution in [3.8, 4) is 0 Å². The highest BCUT2D eigenvalue weighted by Gasteiger charge is 2.22. The fourth-order valence-corrected chi connectivity index (χ4v) is 4.25. The Morgan fingerprint density at radius 2 is 1.81 bits per heavy atom. The van der Waals surface area contributed by atoms with Gasteiger partial charge in [-0.1, -0.05) is 34.1 Å². The molecule has 3 heterocycles. The maximum absolute atomic E-state index is 12.7. The molecular weight excluding hydrogens is 406 g/mol.